The fourth-order valence-corrected chi connectivity index (χ4v) is 4.07. The van der Waals surface area contributed by atoms with E-state index in [1.54, 1.807) is 18.0 Å². The van der Waals surface area contributed by atoms with E-state index < -0.39 is 5.97 Å². The molecule has 0 saturated carbocycles. The molecule has 0 aliphatic carbocycles. The highest BCUT2D eigenvalue weighted by molar-refractivity contribution is 8.01. The molecule has 0 spiro atoms. The Morgan fingerprint density at radius 1 is 1.44 bits per heavy atom. The van der Waals surface area contributed by atoms with Gasteiger partial charge in [0.15, 0.2) is 4.34 Å². The first-order chi connectivity index (χ1) is 8.72. The summed E-state index contributed by atoms with van der Waals surface area (Å²) in [4.78, 5) is 17.1. The number of thioether (sulfide) groups is 1. The van der Waals surface area contributed by atoms with E-state index in [2.05, 4.69) is 4.98 Å². The number of benzene rings is 1. The molecule has 0 amide bonds. The Morgan fingerprint density at radius 2 is 2.22 bits per heavy atom. The third-order valence-electron chi connectivity index (χ3n) is 2.11. The molecule has 1 N–H and O–H groups in total. The van der Waals surface area contributed by atoms with Gasteiger partial charge in [-0.05, 0) is 17.9 Å². The summed E-state index contributed by atoms with van der Waals surface area (Å²) < 4.78 is 0.858. The van der Waals surface area contributed by atoms with Gasteiger partial charge < -0.3 is 5.11 Å². The van der Waals surface area contributed by atoms with Crippen molar-refractivity contribution in [2.24, 2.45) is 0 Å². The molecule has 1 aromatic carbocycles. The van der Waals surface area contributed by atoms with Gasteiger partial charge in [0.05, 0.1) is 5.56 Å². The number of hydrogen-bond donors (Lipinski definition) is 1. The minimum Gasteiger partial charge on any atom is -0.478 e. The molecule has 0 unspecified atom stereocenters. The number of hydrogen-bond acceptors (Lipinski definition) is 5. The number of nitrogens with zero attached hydrogens (tertiary/aromatic N) is 1. The van der Waals surface area contributed by atoms with Crippen molar-refractivity contribution in [2.75, 3.05) is 5.75 Å². The van der Waals surface area contributed by atoms with Gasteiger partial charge in [-0.15, -0.1) is 23.1 Å². The van der Waals surface area contributed by atoms with E-state index in [0.29, 0.717) is 5.56 Å². The normalized spacial score (nSPS) is 10.5. The summed E-state index contributed by atoms with van der Waals surface area (Å²) in [6.07, 6.45) is 1.72. The van der Waals surface area contributed by atoms with Gasteiger partial charge >= 0.3 is 5.97 Å². The van der Waals surface area contributed by atoms with Crippen molar-refractivity contribution >= 4 is 40.8 Å². The van der Waals surface area contributed by atoms with E-state index in [0.717, 1.165) is 19.9 Å². The number of carbonyl (C=O) groups is 1. The summed E-state index contributed by atoms with van der Waals surface area (Å²) in [6.45, 7) is 2.01. The third-order valence-corrected chi connectivity index (χ3v) is 4.99. The number of aromatic carboxylic acids is 1. The third kappa shape index (κ3) is 3.07. The highest BCUT2D eigenvalue weighted by Crippen LogP contribution is 2.36. The summed E-state index contributed by atoms with van der Waals surface area (Å²) in [7, 11) is 0. The first-order valence-electron chi connectivity index (χ1n) is 5.28. The smallest absolute Gasteiger partial charge is 0.337 e. The summed E-state index contributed by atoms with van der Waals surface area (Å²) in [5, 5.41) is 11.2. The second-order valence-corrected chi connectivity index (χ2v) is 6.76. The predicted molar refractivity (Wildman–Crippen MR) is 76.0 cm³/mol. The van der Waals surface area contributed by atoms with Crippen molar-refractivity contribution in [1.82, 2.24) is 4.98 Å². The van der Waals surface area contributed by atoms with Gasteiger partial charge in [0.25, 0.3) is 0 Å². The van der Waals surface area contributed by atoms with Gasteiger partial charge in [-0.25, -0.2) is 9.78 Å². The van der Waals surface area contributed by atoms with Crippen molar-refractivity contribution in [3.8, 4) is 0 Å². The first-order valence-corrected chi connectivity index (χ1v) is 7.97. The molecule has 0 aliphatic heterocycles. The van der Waals surface area contributed by atoms with Crippen LogP contribution < -0.4 is 0 Å². The molecule has 3 nitrogen and oxygen atoms in total. The molecule has 0 bridgehead atoms. The van der Waals surface area contributed by atoms with E-state index in [9.17, 15) is 9.90 Å². The lowest BCUT2D eigenvalue weighted by molar-refractivity contribution is 0.0689. The maximum absolute atomic E-state index is 11.4. The van der Waals surface area contributed by atoms with Crippen LogP contribution in [0.15, 0.2) is 43.9 Å². The monoisotopic (exact) mass is 297 g/mol. The van der Waals surface area contributed by atoms with E-state index in [-0.39, 0.29) is 0 Å². The zero-order chi connectivity index (χ0) is 13.0. The highest BCUT2D eigenvalue weighted by atomic mass is 32.2. The maximum atomic E-state index is 11.4. The van der Waals surface area contributed by atoms with Gasteiger partial charge in [0.2, 0.25) is 0 Å². The number of aromatic nitrogens is 1. The molecule has 6 heteroatoms. The van der Waals surface area contributed by atoms with Gasteiger partial charge in [-0.3, -0.25) is 0 Å². The molecule has 94 valence electrons. The molecule has 0 radical (unpaired) electrons. The van der Waals surface area contributed by atoms with Gasteiger partial charge in [-0.1, -0.05) is 24.8 Å². The van der Waals surface area contributed by atoms with Crippen molar-refractivity contribution in [3.05, 3.63) is 35.3 Å². The number of rotatable bonds is 5. The molecule has 18 heavy (non-hydrogen) atoms. The molecular weight excluding hydrogens is 286 g/mol. The fourth-order valence-electron chi connectivity index (χ4n) is 1.44. The Balaban J connectivity index is 2.39. The lowest BCUT2D eigenvalue weighted by Gasteiger charge is -2.08. The van der Waals surface area contributed by atoms with Crippen LogP contribution in [0.1, 0.15) is 17.3 Å². The van der Waals surface area contributed by atoms with E-state index >= 15 is 0 Å². The van der Waals surface area contributed by atoms with E-state index in [1.807, 2.05) is 30.5 Å². The standard InChI is InChI=1S/C12H11NO2S3/c1-2-16-8-4-3-5-9(10(8)11(14)15)18-12-13-6-7-17-12/h3-7H,2H2,1H3,(H,14,15). The van der Waals surface area contributed by atoms with E-state index in [4.69, 9.17) is 0 Å². The molecular formula is C12H11NO2S3. The minimum absolute atomic E-state index is 0.379. The first kappa shape index (κ1) is 13.5. The van der Waals surface area contributed by atoms with Gasteiger partial charge in [-0.2, -0.15) is 0 Å². The quantitative estimate of drug-likeness (QED) is 0.842. The SMILES string of the molecule is CCSc1cccc(Sc2nccs2)c1C(=O)O. The zero-order valence-electron chi connectivity index (χ0n) is 9.62. The van der Waals surface area contributed by atoms with Crippen LogP contribution >= 0.6 is 34.9 Å². The molecule has 0 aliphatic rings. The molecule has 1 heterocycles. The highest BCUT2D eigenvalue weighted by Gasteiger charge is 2.16. The van der Waals surface area contributed by atoms with Gasteiger partial charge in [0, 0.05) is 21.4 Å². The lowest BCUT2D eigenvalue weighted by Crippen LogP contribution is -2.01. The van der Waals surface area contributed by atoms with Crippen LogP contribution in [0.2, 0.25) is 0 Å². The summed E-state index contributed by atoms with van der Waals surface area (Å²) in [5.41, 5.74) is 0.379. The number of carboxylic acid groups (broad SMARTS) is 1. The molecule has 0 saturated heterocycles. The Morgan fingerprint density at radius 3 is 2.83 bits per heavy atom. The van der Waals surface area contributed by atoms with E-state index in [1.165, 1.54) is 23.1 Å². The second kappa shape index (κ2) is 6.26. The topological polar surface area (TPSA) is 50.2 Å². The molecule has 0 atom stereocenters. The second-order valence-electron chi connectivity index (χ2n) is 3.27. The number of thiazole rings is 1. The Bertz CT molecular complexity index is 540. The molecule has 2 aromatic rings. The van der Waals surface area contributed by atoms with Crippen molar-refractivity contribution in [1.29, 1.82) is 0 Å². The molecule has 1 aromatic heterocycles. The molecule has 0 fully saturated rings. The Labute approximate surface area is 118 Å². The average molecular weight is 297 g/mol. The minimum atomic E-state index is -0.884. The fraction of sp³-hybridized carbons (Fsp3) is 0.167. The van der Waals surface area contributed by atoms with Gasteiger partial charge in [0.1, 0.15) is 0 Å². The van der Waals surface area contributed by atoms with Crippen molar-refractivity contribution in [2.45, 2.75) is 21.1 Å². The predicted octanol–water partition coefficient (Wildman–Crippen LogP) is 4.10. The van der Waals surface area contributed by atoms with Crippen LogP contribution in [0.5, 0.6) is 0 Å². The summed E-state index contributed by atoms with van der Waals surface area (Å²) in [5.74, 6) is -0.0309. The summed E-state index contributed by atoms with van der Waals surface area (Å²) >= 11 is 4.46. The maximum Gasteiger partial charge on any atom is 0.337 e. The summed E-state index contributed by atoms with van der Waals surface area (Å²) in [6, 6.07) is 5.57. The average Bonchev–Trinajstić information content (AvgIpc) is 2.82. The van der Waals surface area contributed by atoms with Crippen LogP contribution in [0.25, 0.3) is 0 Å². The van der Waals surface area contributed by atoms with Crippen LogP contribution in [-0.2, 0) is 0 Å². The largest absolute Gasteiger partial charge is 0.478 e. The zero-order valence-corrected chi connectivity index (χ0v) is 12.1. The van der Waals surface area contributed by atoms with Crippen LogP contribution in [0.4, 0.5) is 0 Å². The Hall–Kier alpha value is -0.980. The van der Waals surface area contributed by atoms with Crippen molar-refractivity contribution < 1.29 is 9.90 Å². The number of carboxylic acids is 1. The van der Waals surface area contributed by atoms with Crippen LogP contribution in [0.3, 0.4) is 0 Å². The Kier molecular flexibility index (Phi) is 4.68. The van der Waals surface area contributed by atoms with Crippen LogP contribution in [-0.4, -0.2) is 21.8 Å². The van der Waals surface area contributed by atoms with Crippen molar-refractivity contribution in [3.63, 3.8) is 0 Å². The van der Waals surface area contributed by atoms with Crippen LogP contribution in [0, 0.1) is 0 Å². The molecule has 2 rings (SSSR count). The lowest BCUT2D eigenvalue weighted by atomic mass is 10.2.